The number of fused-ring (bicyclic) bond motifs is 4. The summed E-state index contributed by atoms with van der Waals surface area (Å²) in [5.41, 5.74) is 7.50. The lowest BCUT2D eigenvalue weighted by molar-refractivity contribution is -0.136. The summed E-state index contributed by atoms with van der Waals surface area (Å²) in [6.07, 6.45) is 7.24. The maximum Gasteiger partial charge on any atom is 0.293 e. The van der Waals surface area contributed by atoms with E-state index in [-0.39, 0.29) is 59.5 Å². The maximum absolute atomic E-state index is 14.1. The number of aliphatic hydroxyl groups excluding tert-OH is 1. The number of imide groups is 2. The lowest BCUT2D eigenvalue weighted by Gasteiger charge is -2.47. The van der Waals surface area contributed by atoms with Crippen molar-refractivity contribution in [3.05, 3.63) is 105 Å². The molecule has 3 saturated heterocycles. The summed E-state index contributed by atoms with van der Waals surface area (Å²) < 4.78 is 3.56. The van der Waals surface area contributed by atoms with E-state index in [1.54, 1.807) is 49.5 Å². The molecule has 8 heterocycles. The first-order valence-electron chi connectivity index (χ1n) is 26.0. The van der Waals surface area contributed by atoms with E-state index in [1.165, 1.54) is 15.8 Å². The first-order chi connectivity index (χ1) is 36.0. The number of aryl methyl sites for hydroxylation is 1. The van der Waals surface area contributed by atoms with Crippen LogP contribution >= 0.6 is 0 Å². The number of hydrogen-bond acceptors (Lipinski definition) is 14. The number of carbonyl (C=O) groups excluding carboxylic acids is 6. The number of rotatable bonds is 11. The molecule has 0 bridgehead atoms. The van der Waals surface area contributed by atoms with E-state index in [9.17, 15) is 38.7 Å². The van der Waals surface area contributed by atoms with Gasteiger partial charge in [-0.15, -0.1) is 0 Å². The predicted molar refractivity (Wildman–Crippen MR) is 281 cm³/mol. The molecule has 4 N–H and O–H groups in total. The van der Waals surface area contributed by atoms with Gasteiger partial charge in [0.25, 0.3) is 23.3 Å². The van der Waals surface area contributed by atoms with Crippen molar-refractivity contribution in [3.8, 4) is 11.3 Å². The van der Waals surface area contributed by atoms with Crippen LogP contribution in [-0.4, -0.2) is 127 Å². The first-order valence-corrected chi connectivity index (χ1v) is 26.0. The average Bonchev–Trinajstić information content (AvgIpc) is 3.99. The Morgan fingerprint density at radius 1 is 0.867 bits per heavy atom. The van der Waals surface area contributed by atoms with E-state index in [0.29, 0.717) is 65.4 Å². The third kappa shape index (κ3) is 8.92. The molecule has 0 spiro atoms. The molecule has 5 aliphatic heterocycles. The van der Waals surface area contributed by atoms with Crippen molar-refractivity contribution in [2.75, 3.05) is 64.6 Å². The molecule has 390 valence electrons. The highest BCUT2D eigenvalue weighted by molar-refractivity contribution is 6.23. The van der Waals surface area contributed by atoms with Gasteiger partial charge in [0.05, 0.1) is 34.8 Å². The molecule has 75 heavy (non-hydrogen) atoms. The van der Waals surface area contributed by atoms with Crippen LogP contribution in [0.1, 0.15) is 108 Å². The second-order valence-corrected chi connectivity index (χ2v) is 21.5. The molecule has 11 rings (SSSR count). The lowest BCUT2D eigenvalue weighted by Crippen LogP contribution is -2.57. The first kappa shape index (κ1) is 49.5. The fraction of sp³-hybridized carbons (Fsp3) is 0.436. The fourth-order valence-corrected chi connectivity index (χ4v) is 12.2. The fourth-order valence-electron chi connectivity index (χ4n) is 12.2. The van der Waals surface area contributed by atoms with Gasteiger partial charge in [-0.1, -0.05) is 20.8 Å². The van der Waals surface area contributed by atoms with Gasteiger partial charge >= 0.3 is 0 Å². The molecule has 2 atom stereocenters. The Morgan fingerprint density at radius 2 is 1.65 bits per heavy atom. The molecule has 20 heteroatoms. The van der Waals surface area contributed by atoms with Crippen LogP contribution < -0.4 is 36.2 Å². The maximum atomic E-state index is 14.1. The Bertz CT molecular complexity index is 3280. The van der Waals surface area contributed by atoms with Crippen molar-refractivity contribution < 1.29 is 33.9 Å². The second kappa shape index (κ2) is 19.2. The van der Waals surface area contributed by atoms with Gasteiger partial charge in [-0.3, -0.25) is 53.6 Å². The zero-order chi connectivity index (χ0) is 52.6. The summed E-state index contributed by atoms with van der Waals surface area (Å²) in [5, 5.41) is 19.4. The van der Waals surface area contributed by atoms with Gasteiger partial charge in [0.2, 0.25) is 17.7 Å². The Hall–Kier alpha value is -7.71. The lowest BCUT2D eigenvalue weighted by atomic mass is 9.90. The number of pyridine rings is 1. The number of carbonyl (C=O) groups is 6. The number of aliphatic hydroxyl groups is 1. The summed E-state index contributed by atoms with van der Waals surface area (Å²) >= 11 is 0. The van der Waals surface area contributed by atoms with Gasteiger partial charge in [-0.2, -0.15) is 0 Å². The topological polar surface area (TPSA) is 228 Å². The Labute approximate surface area is 433 Å². The van der Waals surface area contributed by atoms with Gasteiger partial charge in [-0.25, -0.2) is 9.97 Å². The van der Waals surface area contributed by atoms with Crippen LogP contribution in [0.2, 0.25) is 0 Å². The predicted octanol–water partition coefficient (Wildman–Crippen LogP) is 4.59. The number of hydrogen-bond donors (Lipinski definition) is 4. The summed E-state index contributed by atoms with van der Waals surface area (Å²) in [5.74, 6) is -2.04. The Morgan fingerprint density at radius 3 is 2.40 bits per heavy atom. The van der Waals surface area contributed by atoms with E-state index < -0.39 is 41.8 Å². The number of benzene rings is 2. The Kier molecular flexibility index (Phi) is 12.7. The molecule has 0 radical (unpaired) electrons. The largest absolute Gasteiger partial charge is 0.392 e. The van der Waals surface area contributed by atoms with Crippen molar-refractivity contribution in [1.82, 2.24) is 34.2 Å². The average molecular weight is 1020 g/mol. The van der Waals surface area contributed by atoms with Crippen molar-refractivity contribution >= 4 is 69.8 Å². The molecule has 0 saturated carbocycles. The molecule has 2 aromatic carbocycles. The number of nitrogens with one attached hydrogen (secondary N) is 3. The minimum atomic E-state index is -1.01. The van der Waals surface area contributed by atoms with Gasteiger partial charge < -0.3 is 34.7 Å². The van der Waals surface area contributed by atoms with E-state index >= 15 is 0 Å². The van der Waals surface area contributed by atoms with Crippen LogP contribution in [0.5, 0.6) is 0 Å². The zero-order valence-corrected chi connectivity index (χ0v) is 42.9. The Balaban J connectivity index is 0.766. The smallest absolute Gasteiger partial charge is 0.293 e. The summed E-state index contributed by atoms with van der Waals surface area (Å²) in [6, 6.07) is 14.0. The number of anilines is 6. The summed E-state index contributed by atoms with van der Waals surface area (Å²) in [4.78, 5) is 111. The normalized spacial score (nSPS) is 20.9. The highest BCUT2D eigenvalue weighted by atomic mass is 16.3. The standard InChI is InChI=1S/C55H62N12O8/c1-6-46(69)58-40-24-33(57-48-54(75)61(5)29-41(59-48)36-13-16-56-49(39(36)30-68)66-22-21-65-44(53(66)74)23-32-26-55(3,4)27-45(32)65)7-10-42(40)64-20-19-63(28-31(64)2)34-14-17-62(18-15-34)35-8-9-37-38(25-35)52(73)67(51(37)72)43-11-12-47(70)60-50(43)71/h7-10,13,16,23-25,29,31,34,43,68H,6,11-12,14-15,17-22,26-28,30H2,1-5H3,(H,57,59)(H,58,69)(H,60,70,71)/t31-,43-/m0/s1. The van der Waals surface area contributed by atoms with Crippen LogP contribution in [0.4, 0.5) is 34.4 Å². The van der Waals surface area contributed by atoms with Crippen molar-refractivity contribution in [2.45, 2.75) is 104 Å². The van der Waals surface area contributed by atoms with Crippen LogP contribution in [0, 0.1) is 5.41 Å². The highest BCUT2D eigenvalue weighted by Gasteiger charge is 2.45. The summed E-state index contributed by atoms with van der Waals surface area (Å²) in [6.45, 7) is 12.8. The van der Waals surface area contributed by atoms with E-state index in [0.717, 1.165) is 68.1 Å². The van der Waals surface area contributed by atoms with Crippen molar-refractivity contribution in [3.63, 3.8) is 0 Å². The number of piperidine rings is 2. The molecule has 1 aliphatic carbocycles. The SMILES string of the molecule is CCC(=O)Nc1cc(Nc2nc(-c3ccnc(N4CCn5c(cc6c5CC(C)(C)C6)C4=O)c3CO)cn(C)c2=O)ccc1N1CCN(C2CCN(c3ccc4c(c3)C(=O)N([C@H]3CCC(=O)NC3=O)C4=O)CC2)C[C@@H]1C. The third-order valence-corrected chi connectivity index (χ3v) is 16.0. The van der Waals surface area contributed by atoms with Crippen LogP contribution in [0.25, 0.3) is 11.3 Å². The van der Waals surface area contributed by atoms with E-state index in [2.05, 4.69) is 61.0 Å². The van der Waals surface area contributed by atoms with Gasteiger partial charge in [0, 0.05) is 118 Å². The molecule has 0 unspecified atom stereocenters. The minimum absolute atomic E-state index is 0.0336. The molecule has 6 aliphatic rings. The molecule has 3 aromatic heterocycles. The molecular formula is C55H62N12O8. The van der Waals surface area contributed by atoms with Crippen LogP contribution in [0.3, 0.4) is 0 Å². The number of piperazine rings is 1. The number of amides is 6. The number of aromatic nitrogens is 4. The van der Waals surface area contributed by atoms with Crippen LogP contribution in [0.15, 0.2) is 65.7 Å². The van der Waals surface area contributed by atoms with Gasteiger partial charge in [0.1, 0.15) is 17.6 Å². The molecule has 20 nitrogen and oxygen atoms in total. The molecular weight excluding hydrogens is 957 g/mol. The van der Waals surface area contributed by atoms with Crippen molar-refractivity contribution in [2.24, 2.45) is 12.5 Å². The summed E-state index contributed by atoms with van der Waals surface area (Å²) in [7, 11) is 1.63. The van der Waals surface area contributed by atoms with E-state index in [1.807, 2.05) is 30.3 Å². The van der Waals surface area contributed by atoms with Crippen LogP contribution in [-0.2, 0) is 47.4 Å². The van der Waals surface area contributed by atoms with Gasteiger partial charge in [0.15, 0.2) is 5.82 Å². The molecule has 3 fully saturated rings. The third-order valence-electron chi connectivity index (χ3n) is 16.0. The van der Waals surface area contributed by atoms with Gasteiger partial charge in [-0.05, 0) is 98.5 Å². The minimum Gasteiger partial charge on any atom is -0.392 e. The van der Waals surface area contributed by atoms with Crippen molar-refractivity contribution in [1.29, 1.82) is 0 Å². The highest BCUT2D eigenvalue weighted by Crippen LogP contribution is 2.41. The van der Waals surface area contributed by atoms with E-state index in [4.69, 9.17) is 4.98 Å². The quantitative estimate of drug-likeness (QED) is 0.133. The molecule has 6 amide bonds. The molecule has 5 aromatic rings. The second-order valence-electron chi connectivity index (χ2n) is 21.5. The zero-order valence-electron chi connectivity index (χ0n) is 42.9. The number of nitrogens with zero attached hydrogens (tertiary/aromatic N) is 9. The monoisotopic (exact) mass is 1020 g/mol.